The predicted octanol–water partition coefficient (Wildman–Crippen LogP) is 4.43. The number of rotatable bonds is 4. The molecule has 166 valence electrons. The van der Waals surface area contributed by atoms with E-state index in [4.69, 9.17) is 4.98 Å². The molecule has 4 aromatic rings. The molecule has 0 saturated carbocycles. The smallest absolute Gasteiger partial charge is 0.261 e. The van der Waals surface area contributed by atoms with Crippen molar-refractivity contribution in [3.05, 3.63) is 106 Å². The van der Waals surface area contributed by atoms with Crippen LogP contribution in [0.1, 0.15) is 59.2 Å². The molecule has 1 N–H and O–H groups in total. The standard InChI is InChI=1S/C27H26N4O2/c32-26(30-25(19-10-4-3-5-11-19)22-12-7-8-16-28-22)20-14-15-21-23(18-20)29-24-13-6-1-2-9-17-31(24)27(21)33/h3-5,7-8,10-12,14-16,18,25H,1-2,6,9,13,17H2,(H,30,32). The zero-order valence-electron chi connectivity index (χ0n) is 18.4. The lowest BCUT2D eigenvalue weighted by Gasteiger charge is -2.19. The van der Waals surface area contributed by atoms with Gasteiger partial charge in [-0.15, -0.1) is 0 Å². The molecule has 1 unspecified atom stereocenters. The third kappa shape index (κ3) is 4.42. The van der Waals surface area contributed by atoms with E-state index < -0.39 is 0 Å². The summed E-state index contributed by atoms with van der Waals surface area (Å²) in [5.41, 5.74) is 2.74. The first kappa shape index (κ1) is 21.1. The van der Waals surface area contributed by atoms with Crippen LogP contribution in [-0.2, 0) is 13.0 Å². The summed E-state index contributed by atoms with van der Waals surface area (Å²) in [5.74, 6) is 0.588. The molecule has 2 aromatic heterocycles. The average molecular weight is 439 g/mol. The molecule has 2 aromatic carbocycles. The van der Waals surface area contributed by atoms with Gasteiger partial charge in [-0.3, -0.25) is 19.1 Å². The second-order valence-electron chi connectivity index (χ2n) is 8.45. The molecule has 0 saturated heterocycles. The number of carbonyl (C=O) groups is 1. The first-order chi connectivity index (χ1) is 16.2. The molecule has 0 bridgehead atoms. The van der Waals surface area contributed by atoms with Gasteiger partial charge in [0.15, 0.2) is 0 Å². The molecule has 3 heterocycles. The summed E-state index contributed by atoms with van der Waals surface area (Å²) < 4.78 is 1.81. The lowest BCUT2D eigenvalue weighted by atomic mass is 10.0. The van der Waals surface area contributed by atoms with Crippen molar-refractivity contribution in [2.45, 2.75) is 44.7 Å². The number of aromatic nitrogens is 3. The van der Waals surface area contributed by atoms with Crippen LogP contribution in [0.2, 0.25) is 0 Å². The normalized spacial score (nSPS) is 14.7. The van der Waals surface area contributed by atoms with Crippen molar-refractivity contribution in [3.63, 3.8) is 0 Å². The van der Waals surface area contributed by atoms with Crippen LogP contribution in [0.4, 0.5) is 0 Å². The summed E-state index contributed by atoms with van der Waals surface area (Å²) in [5, 5.41) is 3.67. The first-order valence-electron chi connectivity index (χ1n) is 11.5. The highest BCUT2D eigenvalue weighted by Crippen LogP contribution is 2.22. The molecule has 6 heteroatoms. The van der Waals surface area contributed by atoms with Crippen LogP contribution in [-0.4, -0.2) is 20.4 Å². The van der Waals surface area contributed by atoms with E-state index in [0.29, 0.717) is 23.0 Å². The summed E-state index contributed by atoms with van der Waals surface area (Å²) in [6.45, 7) is 0.710. The number of nitrogens with one attached hydrogen (secondary N) is 1. The molecule has 0 radical (unpaired) electrons. The minimum atomic E-state index is -0.384. The van der Waals surface area contributed by atoms with E-state index in [0.717, 1.165) is 49.2 Å². The predicted molar refractivity (Wildman–Crippen MR) is 128 cm³/mol. The van der Waals surface area contributed by atoms with Gasteiger partial charge in [0.05, 0.1) is 22.6 Å². The summed E-state index contributed by atoms with van der Waals surface area (Å²) in [6, 6.07) is 20.2. The molecule has 0 aliphatic carbocycles. The van der Waals surface area contributed by atoms with Gasteiger partial charge in [0.2, 0.25) is 0 Å². The van der Waals surface area contributed by atoms with Crippen LogP contribution >= 0.6 is 0 Å². The molecule has 6 nitrogen and oxygen atoms in total. The minimum absolute atomic E-state index is 0.0143. The van der Waals surface area contributed by atoms with Crippen molar-refractivity contribution in [2.75, 3.05) is 0 Å². The Bertz CT molecular complexity index is 1290. The van der Waals surface area contributed by atoms with Gasteiger partial charge in [-0.1, -0.05) is 49.2 Å². The Morgan fingerprint density at radius 1 is 0.939 bits per heavy atom. The van der Waals surface area contributed by atoms with Gasteiger partial charge < -0.3 is 5.32 Å². The third-order valence-corrected chi connectivity index (χ3v) is 6.22. The van der Waals surface area contributed by atoms with Crippen LogP contribution < -0.4 is 10.9 Å². The van der Waals surface area contributed by atoms with Crippen molar-refractivity contribution >= 4 is 16.8 Å². The SMILES string of the molecule is O=C(NC(c1ccccc1)c1ccccn1)c1ccc2c(=O)n3c(nc2c1)CCCCCC3. The number of aryl methyl sites for hydroxylation is 1. The zero-order valence-corrected chi connectivity index (χ0v) is 18.4. The van der Waals surface area contributed by atoms with Crippen molar-refractivity contribution in [2.24, 2.45) is 0 Å². The van der Waals surface area contributed by atoms with Crippen LogP contribution in [0.3, 0.4) is 0 Å². The van der Waals surface area contributed by atoms with Gasteiger partial charge >= 0.3 is 0 Å². The highest BCUT2D eigenvalue weighted by atomic mass is 16.1. The molecule has 33 heavy (non-hydrogen) atoms. The highest BCUT2D eigenvalue weighted by molar-refractivity contribution is 5.98. The number of nitrogens with zero attached hydrogens (tertiary/aromatic N) is 3. The number of pyridine rings is 1. The van der Waals surface area contributed by atoms with E-state index >= 15 is 0 Å². The van der Waals surface area contributed by atoms with Gasteiger partial charge in [-0.25, -0.2) is 4.98 Å². The fraction of sp³-hybridized carbons (Fsp3) is 0.259. The second-order valence-corrected chi connectivity index (χ2v) is 8.45. The molecular weight excluding hydrogens is 412 g/mol. The largest absolute Gasteiger partial charge is 0.340 e. The average Bonchev–Trinajstić information content (AvgIpc) is 2.84. The van der Waals surface area contributed by atoms with Gasteiger partial charge in [0.25, 0.3) is 11.5 Å². The molecular formula is C27H26N4O2. The van der Waals surface area contributed by atoms with E-state index in [-0.39, 0.29) is 17.5 Å². The van der Waals surface area contributed by atoms with Crippen LogP contribution in [0.15, 0.2) is 77.7 Å². The molecule has 1 atom stereocenters. The summed E-state index contributed by atoms with van der Waals surface area (Å²) in [6.07, 6.45) is 6.83. The lowest BCUT2D eigenvalue weighted by Crippen LogP contribution is -2.30. The number of fused-ring (bicyclic) bond motifs is 2. The van der Waals surface area contributed by atoms with E-state index in [1.54, 1.807) is 24.4 Å². The Morgan fingerprint density at radius 3 is 2.58 bits per heavy atom. The molecule has 1 aliphatic heterocycles. The maximum atomic E-state index is 13.3. The topological polar surface area (TPSA) is 76.9 Å². The van der Waals surface area contributed by atoms with Gasteiger partial charge in [-0.05, 0) is 48.7 Å². The number of amides is 1. The Kier molecular flexibility index (Phi) is 5.98. The third-order valence-electron chi connectivity index (χ3n) is 6.22. The number of hydrogen-bond acceptors (Lipinski definition) is 4. The molecule has 0 spiro atoms. The Balaban J connectivity index is 1.49. The highest BCUT2D eigenvalue weighted by Gasteiger charge is 2.20. The Labute approximate surface area is 192 Å². The lowest BCUT2D eigenvalue weighted by molar-refractivity contribution is 0.0942. The number of hydrogen-bond donors (Lipinski definition) is 1. The fourth-order valence-electron chi connectivity index (χ4n) is 4.47. The monoisotopic (exact) mass is 438 g/mol. The number of benzene rings is 2. The van der Waals surface area contributed by atoms with Crippen molar-refractivity contribution in [3.8, 4) is 0 Å². The maximum Gasteiger partial charge on any atom is 0.261 e. The van der Waals surface area contributed by atoms with E-state index in [9.17, 15) is 9.59 Å². The summed E-state index contributed by atoms with van der Waals surface area (Å²) >= 11 is 0. The van der Waals surface area contributed by atoms with Crippen LogP contribution in [0.25, 0.3) is 10.9 Å². The maximum absolute atomic E-state index is 13.3. The second kappa shape index (κ2) is 9.36. The number of carbonyl (C=O) groups excluding carboxylic acids is 1. The molecule has 1 amide bonds. The molecule has 1 aliphatic rings. The summed E-state index contributed by atoms with van der Waals surface area (Å²) in [7, 11) is 0. The molecule has 5 rings (SSSR count). The van der Waals surface area contributed by atoms with E-state index in [1.807, 2.05) is 53.1 Å². The Morgan fingerprint density at radius 2 is 1.76 bits per heavy atom. The van der Waals surface area contributed by atoms with Crippen molar-refractivity contribution < 1.29 is 4.79 Å². The zero-order chi connectivity index (χ0) is 22.6. The van der Waals surface area contributed by atoms with E-state index in [2.05, 4.69) is 10.3 Å². The molecule has 0 fully saturated rings. The minimum Gasteiger partial charge on any atom is -0.340 e. The quantitative estimate of drug-likeness (QED) is 0.511. The fourth-order valence-corrected chi connectivity index (χ4v) is 4.47. The Hall–Kier alpha value is -3.80. The van der Waals surface area contributed by atoms with Gasteiger partial charge in [0, 0.05) is 24.7 Å². The van der Waals surface area contributed by atoms with Crippen LogP contribution in [0.5, 0.6) is 0 Å². The van der Waals surface area contributed by atoms with Gasteiger partial charge in [0.1, 0.15) is 5.82 Å². The van der Waals surface area contributed by atoms with Crippen molar-refractivity contribution in [1.29, 1.82) is 0 Å². The van der Waals surface area contributed by atoms with Gasteiger partial charge in [-0.2, -0.15) is 0 Å². The van der Waals surface area contributed by atoms with Crippen molar-refractivity contribution in [1.82, 2.24) is 19.9 Å². The van der Waals surface area contributed by atoms with Crippen LogP contribution in [0, 0.1) is 0 Å². The van der Waals surface area contributed by atoms with E-state index in [1.165, 1.54) is 0 Å². The summed E-state index contributed by atoms with van der Waals surface area (Å²) in [4.78, 5) is 35.6. The first-order valence-corrected chi connectivity index (χ1v) is 11.5.